The molecular formula is C24H33BN2O4. The maximum Gasteiger partial charge on any atom is 0.451 e. The van der Waals surface area contributed by atoms with Crippen LogP contribution in [0.15, 0.2) is 54.6 Å². The van der Waals surface area contributed by atoms with Gasteiger partial charge in [0, 0.05) is 6.04 Å². The van der Waals surface area contributed by atoms with E-state index < -0.39 is 18.6 Å². The number of nitrogens with one attached hydrogen (secondary N) is 1. The fraction of sp³-hybridized carbons (Fsp3) is 0.458. The smallest absolute Gasteiger partial charge is 0.451 e. The van der Waals surface area contributed by atoms with Crippen molar-refractivity contribution in [1.82, 2.24) is 5.32 Å². The summed E-state index contributed by atoms with van der Waals surface area (Å²) in [6, 6.07) is 19.2. The summed E-state index contributed by atoms with van der Waals surface area (Å²) in [4.78, 5) is 11.8. The molecule has 2 aromatic rings. The van der Waals surface area contributed by atoms with E-state index in [1.54, 1.807) is 0 Å². The van der Waals surface area contributed by atoms with Gasteiger partial charge in [-0.05, 0) is 61.2 Å². The number of carbonyl (C=O) groups is 1. The second-order valence-electron chi connectivity index (χ2n) is 8.70. The number of benzene rings is 2. The van der Waals surface area contributed by atoms with Crippen molar-refractivity contribution in [3.05, 3.63) is 60.2 Å². The van der Waals surface area contributed by atoms with E-state index in [0.29, 0.717) is 25.3 Å². The molecule has 3 rings (SSSR count). The minimum atomic E-state index is -1.34. The summed E-state index contributed by atoms with van der Waals surface area (Å²) in [5.74, 6) is -1.01. The zero-order chi connectivity index (χ0) is 22.3. The number of unbranched alkanes of at least 4 members (excludes halogenated alkanes) is 1. The molecule has 31 heavy (non-hydrogen) atoms. The highest BCUT2D eigenvalue weighted by Gasteiger charge is 2.47. The molecule has 1 saturated carbocycles. The van der Waals surface area contributed by atoms with Crippen molar-refractivity contribution in [2.24, 2.45) is 11.7 Å². The van der Waals surface area contributed by atoms with Crippen molar-refractivity contribution in [1.29, 1.82) is 0 Å². The van der Waals surface area contributed by atoms with Gasteiger partial charge in [-0.2, -0.15) is 0 Å². The zero-order valence-corrected chi connectivity index (χ0v) is 17.9. The van der Waals surface area contributed by atoms with Gasteiger partial charge in [0.25, 0.3) is 0 Å². The van der Waals surface area contributed by atoms with E-state index >= 15 is 0 Å². The predicted molar refractivity (Wildman–Crippen MR) is 124 cm³/mol. The van der Waals surface area contributed by atoms with Crippen LogP contribution in [0, 0.1) is 5.92 Å². The van der Waals surface area contributed by atoms with Gasteiger partial charge in [-0.1, -0.05) is 67.4 Å². The van der Waals surface area contributed by atoms with E-state index in [1.807, 2.05) is 18.2 Å². The molecule has 166 valence electrons. The molecule has 0 aliphatic heterocycles. The first kappa shape index (κ1) is 23.5. The third-order valence-electron chi connectivity index (χ3n) is 6.48. The molecule has 1 fully saturated rings. The number of rotatable bonds is 12. The van der Waals surface area contributed by atoms with Gasteiger partial charge in [0.05, 0.1) is 0 Å². The van der Waals surface area contributed by atoms with Crippen molar-refractivity contribution < 1.29 is 19.9 Å². The molecule has 1 aliphatic rings. The molecule has 0 unspecified atom stereocenters. The van der Waals surface area contributed by atoms with Crippen molar-refractivity contribution >= 4 is 13.1 Å². The van der Waals surface area contributed by atoms with Gasteiger partial charge in [-0.3, -0.25) is 4.79 Å². The molecule has 6 nitrogen and oxygen atoms in total. The Hall–Kier alpha value is -2.19. The van der Waals surface area contributed by atoms with Gasteiger partial charge in [-0.25, -0.2) is 0 Å². The lowest BCUT2D eigenvalue weighted by Gasteiger charge is -2.45. The highest BCUT2D eigenvalue weighted by Crippen LogP contribution is 2.38. The van der Waals surface area contributed by atoms with Gasteiger partial charge >= 0.3 is 13.1 Å². The van der Waals surface area contributed by atoms with Crippen LogP contribution in [0.1, 0.15) is 37.7 Å². The summed E-state index contributed by atoms with van der Waals surface area (Å²) in [5.41, 5.74) is 8.72. The number of hydrogen-bond acceptors (Lipinski definition) is 5. The first-order chi connectivity index (χ1) is 14.9. The summed E-state index contributed by atoms with van der Waals surface area (Å²) in [7, 11) is -1.34. The maximum atomic E-state index is 11.8. The second kappa shape index (κ2) is 10.9. The summed E-state index contributed by atoms with van der Waals surface area (Å²) < 4.78 is 0. The monoisotopic (exact) mass is 424 g/mol. The number of aliphatic carboxylic acids is 1. The van der Waals surface area contributed by atoms with E-state index in [9.17, 15) is 9.90 Å². The molecule has 0 saturated heterocycles. The quantitative estimate of drug-likeness (QED) is 0.264. The Kier molecular flexibility index (Phi) is 8.26. The zero-order valence-electron chi connectivity index (χ0n) is 17.9. The van der Waals surface area contributed by atoms with Crippen LogP contribution in [0.2, 0.25) is 6.32 Å². The van der Waals surface area contributed by atoms with Crippen LogP contribution in [-0.4, -0.2) is 46.4 Å². The van der Waals surface area contributed by atoms with Gasteiger partial charge in [0.15, 0.2) is 0 Å². The molecule has 7 heteroatoms. The fourth-order valence-electron chi connectivity index (χ4n) is 4.35. The first-order valence-corrected chi connectivity index (χ1v) is 11.1. The lowest BCUT2D eigenvalue weighted by atomic mass is 9.66. The lowest BCUT2D eigenvalue weighted by molar-refractivity contribution is -0.148. The van der Waals surface area contributed by atoms with E-state index in [4.69, 9.17) is 15.8 Å². The van der Waals surface area contributed by atoms with Crippen molar-refractivity contribution in [2.45, 2.75) is 56.4 Å². The van der Waals surface area contributed by atoms with Gasteiger partial charge in [-0.15, -0.1) is 0 Å². The number of carboxylic acids is 1. The average molecular weight is 424 g/mol. The summed E-state index contributed by atoms with van der Waals surface area (Å²) >= 11 is 0. The van der Waals surface area contributed by atoms with Crippen LogP contribution >= 0.6 is 0 Å². The van der Waals surface area contributed by atoms with Crippen LogP contribution in [0.4, 0.5) is 0 Å². The molecule has 0 bridgehead atoms. The molecule has 2 aromatic carbocycles. The molecule has 0 radical (unpaired) electrons. The largest absolute Gasteiger partial charge is 0.480 e. The standard InChI is InChI=1S/C24H33BN2O4/c26-24(23(28)29,13-4-5-14-25(30)31)21-16-22(17-21)27-15-12-18-8-10-20(11-9-18)19-6-2-1-3-7-19/h1-3,6-11,21-22,27,30-31H,4-5,12-17,26H2,(H,28,29)/t21-,22-,24-/m0/s1. The Morgan fingerprint density at radius 2 is 1.68 bits per heavy atom. The molecular weight excluding hydrogens is 391 g/mol. The molecule has 1 atom stereocenters. The first-order valence-electron chi connectivity index (χ1n) is 11.1. The van der Waals surface area contributed by atoms with Gasteiger partial charge < -0.3 is 26.2 Å². The molecule has 1 aliphatic carbocycles. The molecule has 6 N–H and O–H groups in total. The highest BCUT2D eigenvalue weighted by molar-refractivity contribution is 6.40. The summed E-state index contributed by atoms with van der Waals surface area (Å²) in [5, 5.41) is 31.0. The molecule has 0 heterocycles. The fourth-order valence-corrected chi connectivity index (χ4v) is 4.35. The normalized spacial score (nSPS) is 20.0. The summed E-state index contributed by atoms with van der Waals surface area (Å²) in [6.45, 7) is 0.848. The minimum absolute atomic E-state index is 0.0493. The molecule has 0 spiro atoms. The Labute approximate surface area is 184 Å². The van der Waals surface area contributed by atoms with Crippen molar-refractivity contribution in [3.8, 4) is 11.1 Å². The highest BCUT2D eigenvalue weighted by atomic mass is 16.4. The van der Waals surface area contributed by atoms with Gasteiger partial charge in [0.2, 0.25) is 0 Å². The van der Waals surface area contributed by atoms with Crippen LogP contribution in [0.3, 0.4) is 0 Å². The topological polar surface area (TPSA) is 116 Å². The molecule has 0 amide bonds. The predicted octanol–water partition coefficient (Wildman–Crippen LogP) is 2.69. The SMILES string of the molecule is N[C@](CCCCB(O)O)(C(=O)O)[C@H]1C[C@H](NCCc2ccc(-c3ccccc3)cc2)C1. The minimum Gasteiger partial charge on any atom is -0.480 e. The van der Waals surface area contributed by atoms with Crippen LogP contribution in [0.25, 0.3) is 11.1 Å². The number of nitrogens with two attached hydrogens (primary N) is 1. The van der Waals surface area contributed by atoms with Crippen molar-refractivity contribution in [3.63, 3.8) is 0 Å². The van der Waals surface area contributed by atoms with E-state index in [0.717, 1.165) is 25.8 Å². The number of carboxylic acid groups (broad SMARTS) is 1. The Morgan fingerprint density at radius 3 is 2.29 bits per heavy atom. The van der Waals surface area contributed by atoms with Crippen LogP contribution < -0.4 is 11.1 Å². The van der Waals surface area contributed by atoms with Crippen molar-refractivity contribution in [2.75, 3.05) is 6.54 Å². The third kappa shape index (κ3) is 6.40. The Balaban J connectivity index is 1.39. The van der Waals surface area contributed by atoms with E-state index in [-0.39, 0.29) is 12.2 Å². The van der Waals surface area contributed by atoms with E-state index in [1.165, 1.54) is 16.7 Å². The van der Waals surface area contributed by atoms with Crippen LogP contribution in [0.5, 0.6) is 0 Å². The average Bonchev–Trinajstić information content (AvgIpc) is 2.73. The van der Waals surface area contributed by atoms with Gasteiger partial charge in [0.1, 0.15) is 5.54 Å². The maximum absolute atomic E-state index is 11.8. The number of hydrogen-bond donors (Lipinski definition) is 5. The van der Waals surface area contributed by atoms with E-state index in [2.05, 4.69) is 41.7 Å². The third-order valence-corrected chi connectivity index (χ3v) is 6.48. The Morgan fingerprint density at radius 1 is 1.03 bits per heavy atom. The second-order valence-corrected chi connectivity index (χ2v) is 8.70. The Bertz CT molecular complexity index is 825. The van der Waals surface area contributed by atoms with Crippen LogP contribution in [-0.2, 0) is 11.2 Å². The lowest BCUT2D eigenvalue weighted by Crippen LogP contribution is -2.61. The molecule has 0 aromatic heterocycles. The summed E-state index contributed by atoms with van der Waals surface area (Å²) in [6.07, 6.45) is 4.19.